The zero-order valence-corrected chi connectivity index (χ0v) is 32.0. The Morgan fingerprint density at radius 2 is 1.09 bits per heavy atom. The maximum atomic E-state index is 4.05. The van der Waals surface area contributed by atoms with Crippen LogP contribution in [0, 0.1) is 47.5 Å². The van der Waals surface area contributed by atoms with Gasteiger partial charge < -0.3 is 9.80 Å². The second-order valence-electron chi connectivity index (χ2n) is 16.0. The first-order valence-corrected chi connectivity index (χ1v) is 20.9. The number of anilines is 2. The zero-order chi connectivity index (χ0) is 33.2. The van der Waals surface area contributed by atoms with Crippen LogP contribution in [0.1, 0.15) is 131 Å². The molecule has 0 radical (unpaired) electrons. The van der Waals surface area contributed by atoms with Crippen LogP contribution in [0.2, 0.25) is 0 Å². The van der Waals surface area contributed by atoms with Crippen molar-refractivity contribution >= 4 is 19.3 Å². The fourth-order valence-electron chi connectivity index (χ4n) is 10.00. The van der Waals surface area contributed by atoms with Gasteiger partial charge in [0.25, 0.3) is 0 Å². The van der Waals surface area contributed by atoms with E-state index in [0.29, 0.717) is 11.6 Å². The lowest BCUT2D eigenvalue weighted by atomic mass is 9.88. The van der Waals surface area contributed by atoms with Crippen LogP contribution in [-0.2, 0) is 0 Å². The minimum atomic E-state index is -0.126. The number of hydrogen-bond donors (Lipinski definition) is 0. The maximum absolute atomic E-state index is 4.05. The van der Waals surface area contributed by atoms with Crippen molar-refractivity contribution in [1.82, 2.24) is 0 Å². The summed E-state index contributed by atoms with van der Waals surface area (Å²) in [6.45, 7) is 20.7. The van der Waals surface area contributed by atoms with Crippen LogP contribution in [-0.4, -0.2) is 30.1 Å². The average molecular weight is 651 g/mol. The Bertz CT molecular complexity index is 1390. The van der Waals surface area contributed by atoms with Gasteiger partial charge in [-0.25, -0.2) is 0 Å². The summed E-state index contributed by atoms with van der Waals surface area (Å²) in [6.07, 6.45) is 20.8. The summed E-state index contributed by atoms with van der Waals surface area (Å²) >= 11 is 0. The maximum Gasteiger partial charge on any atom is 0.118 e. The fourth-order valence-corrected chi connectivity index (χ4v) is 14.6. The molecule has 4 fully saturated rings. The van der Waals surface area contributed by atoms with E-state index in [-0.39, 0.29) is 7.92 Å². The largest absolute Gasteiger partial charge is 0.325 e. The van der Waals surface area contributed by atoms with Gasteiger partial charge in [-0.15, -0.1) is 5.73 Å². The average Bonchev–Trinajstić information content (AvgIpc) is 3.43. The van der Waals surface area contributed by atoms with Gasteiger partial charge in [0, 0.05) is 41.3 Å². The standard InChI is InChI=1S/C44H63N2P/c1-30(2)22-23-37-16-15-21-40(47(38-17-11-9-12-18-38)39-19-13-10-14-20-39)41(37)44-45(42-33(5)26-31(3)27-34(42)6)24-25-46(44)43-35(7)28-32(4)29-36(43)8/h22,26-30,38-40H,9-21,24-25H2,1-8H3. The number of benzene rings is 2. The van der Waals surface area contributed by atoms with Crippen molar-refractivity contribution in [2.24, 2.45) is 5.92 Å². The van der Waals surface area contributed by atoms with E-state index < -0.39 is 0 Å². The molecule has 1 saturated heterocycles. The Hall–Kier alpha value is -2.27. The molecular weight excluding hydrogens is 587 g/mol. The highest BCUT2D eigenvalue weighted by molar-refractivity contribution is 7.60. The Morgan fingerprint density at radius 1 is 0.638 bits per heavy atom. The summed E-state index contributed by atoms with van der Waals surface area (Å²) in [5.41, 5.74) is 21.1. The molecule has 0 spiro atoms. The first-order chi connectivity index (χ1) is 22.6. The van der Waals surface area contributed by atoms with Gasteiger partial charge in [-0.2, -0.15) is 0 Å². The topological polar surface area (TPSA) is 6.48 Å². The van der Waals surface area contributed by atoms with Crippen molar-refractivity contribution in [1.29, 1.82) is 0 Å². The van der Waals surface area contributed by atoms with Crippen molar-refractivity contribution in [3.8, 4) is 0 Å². The van der Waals surface area contributed by atoms with E-state index in [2.05, 4.69) is 101 Å². The summed E-state index contributed by atoms with van der Waals surface area (Å²) < 4.78 is 0. The number of aryl methyl sites for hydroxylation is 6. The monoisotopic (exact) mass is 650 g/mol. The molecule has 1 unspecified atom stereocenters. The number of nitrogens with zero attached hydrogens (tertiary/aromatic N) is 2. The predicted octanol–water partition coefficient (Wildman–Crippen LogP) is 12.5. The SMILES string of the molecule is Cc1cc(C)c(N2CCN(c3c(C)cc(C)cc3C)C2=C2C(=C=CC(C)C)CCCC2P(C2CCCCC2)C2CCCCC2)c(C)c1. The first kappa shape index (κ1) is 34.6. The Morgan fingerprint density at radius 3 is 1.51 bits per heavy atom. The molecule has 3 saturated carbocycles. The molecule has 1 heterocycles. The number of hydrogen-bond acceptors (Lipinski definition) is 2. The molecule has 2 nitrogen and oxygen atoms in total. The summed E-state index contributed by atoms with van der Waals surface area (Å²) in [5.74, 6) is 2.02. The van der Waals surface area contributed by atoms with E-state index >= 15 is 0 Å². The molecular formula is C44H63N2P. The molecule has 4 aliphatic rings. The van der Waals surface area contributed by atoms with Crippen LogP contribution in [0.4, 0.5) is 11.4 Å². The number of allylic oxidation sites excluding steroid dienone is 2. The Labute approximate surface area is 289 Å². The quantitative estimate of drug-likeness (QED) is 0.227. The molecule has 2 aromatic carbocycles. The Balaban J connectivity index is 1.65. The molecule has 6 rings (SSSR count). The van der Waals surface area contributed by atoms with Gasteiger partial charge in [0.2, 0.25) is 0 Å². The smallest absolute Gasteiger partial charge is 0.118 e. The van der Waals surface area contributed by atoms with E-state index in [1.165, 1.54) is 133 Å². The van der Waals surface area contributed by atoms with Crippen molar-refractivity contribution in [2.75, 3.05) is 22.9 Å². The second-order valence-corrected chi connectivity index (χ2v) is 19.0. The van der Waals surface area contributed by atoms with Crippen LogP contribution in [0.3, 0.4) is 0 Å². The molecule has 0 bridgehead atoms. The van der Waals surface area contributed by atoms with Gasteiger partial charge >= 0.3 is 0 Å². The molecule has 3 aliphatic carbocycles. The summed E-state index contributed by atoms with van der Waals surface area (Å²) in [6, 6.07) is 9.67. The predicted molar refractivity (Wildman–Crippen MR) is 208 cm³/mol. The minimum Gasteiger partial charge on any atom is -0.325 e. The van der Waals surface area contributed by atoms with E-state index in [9.17, 15) is 0 Å². The van der Waals surface area contributed by atoms with Crippen LogP contribution in [0.25, 0.3) is 0 Å². The van der Waals surface area contributed by atoms with Crippen molar-refractivity contribution in [3.63, 3.8) is 0 Å². The molecule has 0 aromatic heterocycles. The van der Waals surface area contributed by atoms with E-state index in [0.717, 1.165) is 30.8 Å². The normalized spacial score (nSPS) is 21.7. The second kappa shape index (κ2) is 15.1. The summed E-state index contributed by atoms with van der Waals surface area (Å²) in [4.78, 5) is 5.59. The molecule has 1 aliphatic heterocycles. The van der Waals surface area contributed by atoms with Crippen molar-refractivity contribution in [3.05, 3.63) is 86.4 Å². The zero-order valence-electron chi connectivity index (χ0n) is 31.1. The van der Waals surface area contributed by atoms with Crippen LogP contribution in [0.5, 0.6) is 0 Å². The van der Waals surface area contributed by atoms with E-state index in [4.69, 9.17) is 0 Å². The summed E-state index contributed by atoms with van der Waals surface area (Å²) in [5, 5.41) is 0. The minimum absolute atomic E-state index is 0.126. The molecule has 47 heavy (non-hydrogen) atoms. The Kier molecular flexibility index (Phi) is 11.1. The highest BCUT2D eigenvalue weighted by Gasteiger charge is 2.44. The number of rotatable bonds is 6. The third-order valence-electron chi connectivity index (χ3n) is 11.6. The molecule has 3 heteroatoms. The lowest BCUT2D eigenvalue weighted by Gasteiger charge is -2.47. The molecule has 1 atom stereocenters. The lowest BCUT2D eigenvalue weighted by molar-refractivity contribution is 0.479. The van der Waals surface area contributed by atoms with Gasteiger partial charge in [0.05, 0.1) is 0 Å². The van der Waals surface area contributed by atoms with Gasteiger partial charge in [0.1, 0.15) is 5.82 Å². The van der Waals surface area contributed by atoms with E-state index in [1.54, 1.807) is 5.57 Å². The van der Waals surface area contributed by atoms with E-state index in [1.807, 2.05) is 0 Å². The third-order valence-corrected chi connectivity index (χ3v) is 15.6. The first-order valence-electron chi connectivity index (χ1n) is 19.3. The third kappa shape index (κ3) is 7.36. The molecule has 0 N–H and O–H groups in total. The van der Waals surface area contributed by atoms with Crippen molar-refractivity contribution in [2.45, 2.75) is 156 Å². The molecule has 254 valence electrons. The lowest BCUT2D eigenvalue weighted by Crippen LogP contribution is -2.35. The molecule has 2 aromatic rings. The highest BCUT2D eigenvalue weighted by atomic mass is 31.1. The molecule has 0 amide bonds. The van der Waals surface area contributed by atoms with Crippen LogP contribution >= 0.6 is 7.92 Å². The fraction of sp³-hybridized carbons (Fsp3) is 0.614. The van der Waals surface area contributed by atoms with Gasteiger partial charge in [-0.05, 0) is 132 Å². The van der Waals surface area contributed by atoms with Gasteiger partial charge in [0.15, 0.2) is 0 Å². The van der Waals surface area contributed by atoms with Gasteiger partial charge in [-0.3, -0.25) is 0 Å². The van der Waals surface area contributed by atoms with Crippen molar-refractivity contribution < 1.29 is 0 Å². The highest BCUT2D eigenvalue weighted by Crippen LogP contribution is 2.64. The van der Waals surface area contributed by atoms with Gasteiger partial charge in [-0.1, -0.05) is 95.7 Å². The van der Waals surface area contributed by atoms with Crippen LogP contribution < -0.4 is 9.80 Å². The summed E-state index contributed by atoms with van der Waals surface area (Å²) in [7, 11) is -0.126. The van der Waals surface area contributed by atoms with Crippen LogP contribution in [0.15, 0.2) is 53.0 Å².